The Balaban J connectivity index is 0.000000256. The molecule has 2 aromatic carbocycles. The van der Waals surface area contributed by atoms with Crippen LogP contribution in [0.5, 0.6) is 0 Å². The highest BCUT2D eigenvalue weighted by molar-refractivity contribution is 5.86. The van der Waals surface area contributed by atoms with E-state index in [1.807, 2.05) is 6.07 Å². The van der Waals surface area contributed by atoms with Crippen LogP contribution in [0.25, 0.3) is 5.70 Å². The Morgan fingerprint density at radius 2 is 1.60 bits per heavy atom. The van der Waals surface area contributed by atoms with Gasteiger partial charge in [0, 0.05) is 121 Å². The summed E-state index contributed by atoms with van der Waals surface area (Å²) >= 11 is 0. The molecular weight excluding hydrogens is 953 g/mol. The number of piperidine rings is 2. The highest BCUT2D eigenvalue weighted by atomic mass is 19.1. The lowest BCUT2D eigenvalue weighted by atomic mass is 9.82. The summed E-state index contributed by atoms with van der Waals surface area (Å²) in [5.41, 5.74) is 5.14. The maximum absolute atomic E-state index is 15.5. The highest BCUT2D eigenvalue weighted by Gasteiger charge is 2.42. The summed E-state index contributed by atoms with van der Waals surface area (Å²) in [6.07, 6.45) is 18.7. The van der Waals surface area contributed by atoms with Crippen molar-refractivity contribution in [3.63, 3.8) is 0 Å². The van der Waals surface area contributed by atoms with Crippen molar-refractivity contribution in [2.24, 2.45) is 5.41 Å². The number of methoxy groups -OCH3 is 1. The first-order valence-corrected chi connectivity index (χ1v) is 28.0. The summed E-state index contributed by atoms with van der Waals surface area (Å²) < 4.78 is 36.2. The SMILES string of the molecule is CC/C=C1\c2ccc(N3CCNCC3)cc2CN1C(CCC=O)C(=O)NC.COC(C)CCCCCCCCNc1cc(N2CCC3(CC2)CN(c2cc(F)c(CN4CCC(C)(C)CC4)cc2F)CC(=O)N3)ncn1. The van der Waals surface area contributed by atoms with E-state index in [2.05, 4.69) is 103 Å². The van der Waals surface area contributed by atoms with Gasteiger partial charge in [-0.1, -0.05) is 65.0 Å². The predicted molar refractivity (Wildman–Crippen MR) is 297 cm³/mol. The number of allylic oxidation sites excluding steroid dienone is 1. The molecule has 1 spiro atoms. The number of benzene rings is 2. The number of nitrogens with one attached hydrogen (secondary N) is 4. The Bertz CT molecular complexity index is 2360. The Hall–Kier alpha value is -5.39. The van der Waals surface area contributed by atoms with Crippen LogP contribution < -0.4 is 36.0 Å². The largest absolute Gasteiger partial charge is 0.382 e. The fourth-order valence-electron chi connectivity index (χ4n) is 11.3. The minimum atomic E-state index is -0.510. The highest BCUT2D eigenvalue weighted by Crippen LogP contribution is 2.39. The van der Waals surface area contributed by atoms with Crippen molar-refractivity contribution in [3.8, 4) is 0 Å². The number of halogens is 2. The molecule has 2 amide bonds. The smallest absolute Gasteiger partial charge is 0.242 e. The number of carbonyl (C=O) groups excluding carboxylic acids is 3. The van der Waals surface area contributed by atoms with Gasteiger partial charge in [-0.3, -0.25) is 14.5 Å². The summed E-state index contributed by atoms with van der Waals surface area (Å²) in [6.45, 7) is 18.4. The fourth-order valence-corrected chi connectivity index (χ4v) is 11.3. The first-order valence-electron chi connectivity index (χ1n) is 28.0. The molecule has 5 aliphatic rings. The first-order chi connectivity index (χ1) is 36.2. The van der Waals surface area contributed by atoms with Crippen molar-refractivity contribution in [2.45, 2.75) is 148 Å². The lowest BCUT2D eigenvalue weighted by Crippen LogP contribution is -2.66. The number of likely N-dealkylation sites (N-methyl/N-ethyl adjacent to an activating group) is 1. The van der Waals surface area contributed by atoms with Gasteiger partial charge < -0.3 is 50.4 Å². The molecule has 8 rings (SSSR count). The van der Waals surface area contributed by atoms with Crippen LogP contribution in [0.15, 0.2) is 48.8 Å². The van der Waals surface area contributed by atoms with Crippen molar-refractivity contribution < 1.29 is 27.9 Å². The third-order valence-corrected chi connectivity index (χ3v) is 16.1. The van der Waals surface area contributed by atoms with Gasteiger partial charge in [-0.15, -0.1) is 0 Å². The minimum absolute atomic E-state index is 0.0109. The van der Waals surface area contributed by atoms with E-state index in [1.54, 1.807) is 25.4 Å². The number of carbonyl (C=O) groups is 3. The zero-order valence-corrected chi connectivity index (χ0v) is 46.0. The molecule has 75 heavy (non-hydrogen) atoms. The number of ether oxygens (including phenoxy) is 1. The monoisotopic (exact) mass is 1040 g/mol. The third-order valence-electron chi connectivity index (χ3n) is 16.1. The summed E-state index contributed by atoms with van der Waals surface area (Å²) in [6, 6.07) is 10.9. The lowest BCUT2D eigenvalue weighted by molar-refractivity contribution is -0.125. The van der Waals surface area contributed by atoms with Gasteiger partial charge in [0.05, 0.1) is 23.9 Å². The topological polar surface area (TPSA) is 151 Å². The Labute approximate surface area is 446 Å². The average Bonchev–Trinajstić information content (AvgIpc) is 3.77. The van der Waals surface area contributed by atoms with E-state index < -0.39 is 17.2 Å². The summed E-state index contributed by atoms with van der Waals surface area (Å²) in [4.78, 5) is 56.0. The number of nitrogens with zero attached hydrogens (tertiary/aromatic N) is 7. The molecule has 5 aliphatic heterocycles. The molecule has 1 aromatic heterocycles. The van der Waals surface area contributed by atoms with Gasteiger partial charge in [0.1, 0.15) is 41.9 Å². The average molecular weight is 1040 g/mol. The fraction of sp³-hybridized carbons (Fsp3) is 0.638. The Morgan fingerprint density at radius 3 is 2.31 bits per heavy atom. The molecule has 4 saturated heterocycles. The lowest BCUT2D eigenvalue weighted by Gasteiger charge is -2.48. The van der Waals surface area contributed by atoms with E-state index in [4.69, 9.17) is 4.74 Å². The van der Waals surface area contributed by atoms with E-state index in [0.717, 1.165) is 102 Å². The van der Waals surface area contributed by atoms with Crippen molar-refractivity contribution in [2.75, 3.05) is 106 Å². The van der Waals surface area contributed by atoms with Crippen molar-refractivity contribution in [1.82, 2.24) is 35.7 Å². The second-order valence-corrected chi connectivity index (χ2v) is 22.2. The van der Waals surface area contributed by atoms with Crippen LogP contribution in [0.3, 0.4) is 0 Å². The van der Waals surface area contributed by atoms with Crippen LogP contribution >= 0.6 is 0 Å². The normalized spacial score (nSPS) is 19.8. The summed E-state index contributed by atoms with van der Waals surface area (Å²) in [7, 11) is 3.43. The van der Waals surface area contributed by atoms with E-state index in [0.29, 0.717) is 75.5 Å². The number of hydrogen-bond donors (Lipinski definition) is 4. The molecule has 15 nitrogen and oxygen atoms in total. The van der Waals surface area contributed by atoms with Gasteiger partial charge in [-0.25, -0.2) is 18.7 Å². The van der Waals surface area contributed by atoms with Crippen molar-refractivity contribution >= 4 is 46.8 Å². The number of rotatable bonds is 22. The second kappa shape index (κ2) is 27.6. The van der Waals surface area contributed by atoms with E-state index in [1.165, 1.54) is 61.1 Å². The first kappa shape index (κ1) is 57.3. The van der Waals surface area contributed by atoms with Crippen LogP contribution in [0.4, 0.5) is 31.8 Å². The molecule has 2 unspecified atom stereocenters. The molecule has 0 aliphatic carbocycles. The quantitative estimate of drug-likeness (QED) is 0.0566. The number of fused-ring (bicyclic) bond motifs is 1. The molecule has 0 bridgehead atoms. The number of amides is 2. The molecule has 3 aromatic rings. The molecule has 0 radical (unpaired) electrons. The maximum atomic E-state index is 15.5. The van der Waals surface area contributed by atoms with E-state index in [-0.39, 0.29) is 30.1 Å². The Morgan fingerprint density at radius 1 is 0.867 bits per heavy atom. The molecular formula is C58H87F2N11O4. The molecule has 4 N–H and O–H groups in total. The number of unbranched alkanes of at least 4 members (excludes halogenated alkanes) is 5. The van der Waals surface area contributed by atoms with Crippen molar-refractivity contribution in [1.29, 1.82) is 0 Å². The summed E-state index contributed by atoms with van der Waals surface area (Å²) in [5.74, 6) is 0.587. The molecule has 2 atom stereocenters. The zero-order chi connectivity index (χ0) is 53.4. The molecule has 6 heterocycles. The Kier molecular flexibility index (Phi) is 21.1. The second-order valence-electron chi connectivity index (χ2n) is 22.2. The van der Waals surface area contributed by atoms with Crippen molar-refractivity contribution in [3.05, 3.63) is 77.1 Å². The van der Waals surface area contributed by atoms with Gasteiger partial charge in [-0.05, 0) is 101 Å². The standard InChI is InChI=1S/C37H57F2N7O2.C21H30N4O2/c1-28(48-4)11-9-7-5-6-8-10-16-40-33-23-34(42-27-41-33)45-19-14-37(15-20-45)26-46(25-35(47)43-37)32-22-30(38)29(21-31(32)39)24-44-17-12-36(2,3)13-18-44;1-3-5-19-18-8-7-17(24-11-9-23-10-12-24)14-16(18)15-25(19)20(6-4-13-26)21(27)22-2/h21-23,27-28H,5-20,24-26H2,1-4H3,(H,43,47)(H,40,41,42);5,7-8,13-14,20,23H,3-4,6,9-12,15H2,1-2H3,(H,22,27)/b;19-5+. The van der Waals surface area contributed by atoms with Crippen LogP contribution in [-0.2, 0) is 32.2 Å². The van der Waals surface area contributed by atoms with Gasteiger partial charge >= 0.3 is 0 Å². The molecule has 0 saturated carbocycles. The van der Waals surface area contributed by atoms with E-state index >= 15 is 8.78 Å². The molecule has 17 heteroatoms. The minimum Gasteiger partial charge on any atom is -0.382 e. The molecule has 4 fully saturated rings. The van der Waals surface area contributed by atoms with Crippen LogP contribution in [-0.4, -0.2) is 142 Å². The van der Waals surface area contributed by atoms with Crippen LogP contribution in [0.2, 0.25) is 0 Å². The number of anilines is 4. The van der Waals surface area contributed by atoms with Crippen LogP contribution in [0.1, 0.15) is 134 Å². The number of hydrogen-bond acceptors (Lipinski definition) is 13. The number of piperazine rings is 2. The molecule has 412 valence electrons. The summed E-state index contributed by atoms with van der Waals surface area (Å²) in [5, 5.41) is 12.8. The van der Waals surface area contributed by atoms with Gasteiger partial charge in [0.15, 0.2) is 0 Å². The van der Waals surface area contributed by atoms with Gasteiger partial charge in [-0.2, -0.15) is 0 Å². The van der Waals surface area contributed by atoms with Gasteiger partial charge in [0.2, 0.25) is 11.8 Å². The number of aldehydes is 1. The zero-order valence-electron chi connectivity index (χ0n) is 46.0. The third kappa shape index (κ3) is 15.8. The van der Waals surface area contributed by atoms with Crippen LogP contribution in [0, 0.1) is 17.0 Å². The maximum Gasteiger partial charge on any atom is 0.242 e. The van der Waals surface area contributed by atoms with Gasteiger partial charge in [0.25, 0.3) is 0 Å². The van der Waals surface area contributed by atoms with E-state index in [9.17, 15) is 14.4 Å². The number of likely N-dealkylation sites (tertiary alicyclic amines) is 1. The predicted octanol–water partition coefficient (Wildman–Crippen LogP) is 8.29. The number of aromatic nitrogens is 2.